The Bertz CT molecular complexity index is 695. The number of rotatable bonds is 8. The summed E-state index contributed by atoms with van der Waals surface area (Å²) in [7, 11) is 0. The normalized spacial score (nSPS) is 11.5. The number of hydrogen-bond acceptors (Lipinski definition) is 4. The van der Waals surface area contributed by atoms with E-state index in [1.165, 1.54) is 4.88 Å². The summed E-state index contributed by atoms with van der Waals surface area (Å²) in [5, 5.41) is 5.08. The molecule has 2 rings (SSSR count). The van der Waals surface area contributed by atoms with Crippen LogP contribution in [0, 0.1) is 0 Å². The monoisotopic (exact) mass is 380 g/mol. The van der Waals surface area contributed by atoms with Gasteiger partial charge in [0.05, 0.1) is 4.88 Å². The molecule has 0 saturated heterocycles. The van der Waals surface area contributed by atoms with Crippen molar-refractivity contribution >= 4 is 46.3 Å². The second kappa shape index (κ2) is 9.87. The zero-order valence-corrected chi connectivity index (χ0v) is 16.2. The number of hydrogen-bond donors (Lipinski definition) is 1. The average Bonchev–Trinajstić information content (AvgIpc) is 3.03. The fourth-order valence-electron chi connectivity index (χ4n) is 2.11. The van der Waals surface area contributed by atoms with Gasteiger partial charge < -0.3 is 0 Å². The number of carbonyl (C=O) groups excluding carboxylic acids is 1. The SMILES string of the molecule is CCCCC(=O)NN=C(c1ccc(Cl)cc1)c1ccc(CSC)s1. The maximum atomic E-state index is 11.9. The maximum absolute atomic E-state index is 11.9. The predicted molar refractivity (Wildman–Crippen MR) is 106 cm³/mol. The summed E-state index contributed by atoms with van der Waals surface area (Å²) in [5.74, 6) is 0.922. The molecule has 0 unspecified atom stereocenters. The summed E-state index contributed by atoms with van der Waals surface area (Å²) in [6.45, 7) is 2.06. The molecule has 0 aliphatic rings. The Kier molecular flexibility index (Phi) is 7.82. The van der Waals surface area contributed by atoms with Crippen molar-refractivity contribution in [1.29, 1.82) is 0 Å². The molecule has 0 radical (unpaired) electrons. The van der Waals surface area contributed by atoms with E-state index in [9.17, 15) is 4.79 Å². The highest BCUT2D eigenvalue weighted by atomic mass is 35.5. The molecule has 1 aromatic heterocycles. The van der Waals surface area contributed by atoms with E-state index >= 15 is 0 Å². The van der Waals surface area contributed by atoms with Crippen molar-refractivity contribution in [3.63, 3.8) is 0 Å². The number of thiophene rings is 1. The van der Waals surface area contributed by atoms with E-state index in [0.29, 0.717) is 11.4 Å². The van der Waals surface area contributed by atoms with Gasteiger partial charge in [0.25, 0.3) is 0 Å². The van der Waals surface area contributed by atoms with Gasteiger partial charge in [0.2, 0.25) is 5.91 Å². The zero-order chi connectivity index (χ0) is 17.4. The van der Waals surface area contributed by atoms with Crippen LogP contribution >= 0.6 is 34.7 Å². The molecular formula is C18H21ClN2OS2. The highest BCUT2D eigenvalue weighted by Gasteiger charge is 2.11. The van der Waals surface area contributed by atoms with E-state index in [1.807, 2.05) is 24.3 Å². The fourth-order valence-corrected chi connectivity index (χ4v) is 4.02. The Morgan fingerprint density at radius 3 is 2.67 bits per heavy atom. The fraction of sp³-hybridized carbons (Fsp3) is 0.333. The number of halogens is 1. The zero-order valence-electron chi connectivity index (χ0n) is 13.8. The minimum atomic E-state index is -0.0517. The van der Waals surface area contributed by atoms with Gasteiger partial charge in [0.1, 0.15) is 5.71 Å². The van der Waals surface area contributed by atoms with Gasteiger partial charge in [-0.05, 0) is 36.9 Å². The second-order valence-electron chi connectivity index (χ2n) is 5.30. The summed E-state index contributed by atoms with van der Waals surface area (Å²) in [4.78, 5) is 14.2. The van der Waals surface area contributed by atoms with E-state index < -0.39 is 0 Å². The van der Waals surface area contributed by atoms with Crippen LogP contribution in [-0.2, 0) is 10.5 Å². The lowest BCUT2D eigenvalue weighted by Crippen LogP contribution is -2.19. The maximum Gasteiger partial charge on any atom is 0.240 e. The average molecular weight is 381 g/mol. The van der Waals surface area contributed by atoms with Crippen molar-refractivity contribution in [3.8, 4) is 0 Å². The number of benzene rings is 1. The first-order chi connectivity index (χ1) is 11.6. The smallest absolute Gasteiger partial charge is 0.240 e. The summed E-state index contributed by atoms with van der Waals surface area (Å²) in [5.41, 5.74) is 4.40. The first kappa shape index (κ1) is 19.0. The third kappa shape index (κ3) is 5.65. The molecule has 1 amide bonds. The third-order valence-electron chi connectivity index (χ3n) is 3.35. The second-order valence-corrected chi connectivity index (χ2v) is 7.78. The number of hydrazone groups is 1. The van der Waals surface area contributed by atoms with Crippen molar-refractivity contribution in [2.75, 3.05) is 6.26 Å². The molecule has 0 saturated carbocycles. The standard InChI is InChI=1S/C18H21ClN2OS2/c1-3-4-5-17(22)20-21-18(13-6-8-14(19)9-7-13)16-11-10-15(24-16)12-23-2/h6-11H,3-5,12H2,1-2H3,(H,20,22). The lowest BCUT2D eigenvalue weighted by molar-refractivity contribution is -0.121. The predicted octanol–water partition coefficient (Wildman–Crippen LogP) is 5.32. The van der Waals surface area contributed by atoms with Crippen LogP contribution < -0.4 is 5.43 Å². The highest BCUT2D eigenvalue weighted by Crippen LogP contribution is 2.24. The van der Waals surface area contributed by atoms with E-state index in [4.69, 9.17) is 11.6 Å². The van der Waals surface area contributed by atoms with Crippen molar-refractivity contribution in [2.45, 2.75) is 31.9 Å². The minimum absolute atomic E-state index is 0.0517. The Hall–Kier alpha value is -1.30. The summed E-state index contributed by atoms with van der Waals surface area (Å²) < 4.78 is 0. The van der Waals surface area contributed by atoms with Crippen LogP contribution in [-0.4, -0.2) is 17.9 Å². The van der Waals surface area contributed by atoms with Gasteiger partial charge in [-0.2, -0.15) is 16.9 Å². The molecular weight excluding hydrogens is 360 g/mol. The van der Waals surface area contributed by atoms with E-state index in [0.717, 1.165) is 34.7 Å². The van der Waals surface area contributed by atoms with Crippen LogP contribution in [0.1, 0.15) is 41.5 Å². The number of amides is 1. The topological polar surface area (TPSA) is 41.5 Å². The number of nitrogens with one attached hydrogen (secondary N) is 1. The first-order valence-electron chi connectivity index (χ1n) is 7.84. The van der Waals surface area contributed by atoms with Crippen molar-refractivity contribution < 1.29 is 4.79 Å². The molecule has 3 nitrogen and oxygen atoms in total. The van der Waals surface area contributed by atoms with Gasteiger partial charge in [-0.15, -0.1) is 11.3 Å². The largest absolute Gasteiger partial charge is 0.273 e. The first-order valence-corrected chi connectivity index (χ1v) is 10.4. The van der Waals surface area contributed by atoms with Crippen LogP contribution in [0.2, 0.25) is 5.02 Å². The van der Waals surface area contributed by atoms with Crippen molar-refractivity contribution in [1.82, 2.24) is 5.43 Å². The molecule has 0 aliphatic heterocycles. The quantitative estimate of drug-likeness (QED) is 0.497. The Labute approximate surface area is 156 Å². The van der Waals surface area contributed by atoms with Crippen LogP contribution in [0.4, 0.5) is 0 Å². The molecule has 0 aliphatic carbocycles. The van der Waals surface area contributed by atoms with E-state index in [2.05, 4.69) is 35.8 Å². The van der Waals surface area contributed by atoms with Gasteiger partial charge >= 0.3 is 0 Å². The van der Waals surface area contributed by atoms with Crippen molar-refractivity contribution in [2.24, 2.45) is 5.10 Å². The molecule has 6 heteroatoms. The molecule has 0 fully saturated rings. The Morgan fingerprint density at radius 2 is 2.00 bits per heavy atom. The van der Waals surface area contributed by atoms with E-state index in [1.54, 1.807) is 23.1 Å². The number of carbonyl (C=O) groups is 1. The summed E-state index contributed by atoms with van der Waals surface area (Å²) >= 11 is 9.47. The molecule has 1 heterocycles. The third-order valence-corrected chi connectivity index (χ3v) is 5.48. The van der Waals surface area contributed by atoms with E-state index in [-0.39, 0.29) is 5.91 Å². The molecule has 1 aromatic carbocycles. The summed E-state index contributed by atoms with van der Waals surface area (Å²) in [6.07, 6.45) is 4.44. The van der Waals surface area contributed by atoms with Crippen molar-refractivity contribution in [3.05, 3.63) is 56.7 Å². The Morgan fingerprint density at radius 1 is 1.25 bits per heavy atom. The van der Waals surface area contributed by atoms with Gasteiger partial charge in [0, 0.05) is 27.6 Å². The molecule has 2 aromatic rings. The van der Waals surface area contributed by atoms with Gasteiger partial charge in [-0.1, -0.05) is 37.1 Å². The number of thioether (sulfide) groups is 1. The Balaban J connectivity index is 2.26. The van der Waals surface area contributed by atoms with Gasteiger partial charge in [-0.3, -0.25) is 4.79 Å². The molecule has 128 valence electrons. The minimum Gasteiger partial charge on any atom is -0.273 e. The molecule has 1 N–H and O–H groups in total. The van der Waals surface area contributed by atoms with Crippen LogP contribution in [0.3, 0.4) is 0 Å². The summed E-state index contributed by atoms with van der Waals surface area (Å²) in [6, 6.07) is 11.7. The highest BCUT2D eigenvalue weighted by molar-refractivity contribution is 7.97. The van der Waals surface area contributed by atoms with Crippen LogP contribution in [0.5, 0.6) is 0 Å². The van der Waals surface area contributed by atoms with Gasteiger partial charge in [-0.25, -0.2) is 5.43 Å². The lowest BCUT2D eigenvalue weighted by Gasteiger charge is -2.06. The molecule has 0 spiro atoms. The molecule has 24 heavy (non-hydrogen) atoms. The van der Waals surface area contributed by atoms with Crippen LogP contribution in [0.25, 0.3) is 0 Å². The lowest BCUT2D eigenvalue weighted by atomic mass is 10.1. The van der Waals surface area contributed by atoms with Crippen LogP contribution in [0.15, 0.2) is 41.5 Å². The number of unbranched alkanes of at least 4 members (excludes halogenated alkanes) is 1. The molecule has 0 bridgehead atoms. The number of nitrogens with zero attached hydrogens (tertiary/aromatic N) is 1. The molecule has 0 atom stereocenters. The van der Waals surface area contributed by atoms with Gasteiger partial charge in [0.15, 0.2) is 0 Å².